The summed E-state index contributed by atoms with van der Waals surface area (Å²) in [4.78, 5) is 35.5. The van der Waals surface area contributed by atoms with Crippen LogP contribution in [0, 0.1) is 23.7 Å². The molecule has 0 spiro atoms. The average Bonchev–Trinajstić information content (AvgIpc) is 2.45. The summed E-state index contributed by atoms with van der Waals surface area (Å²) >= 11 is 0. The Bertz CT molecular complexity index is 412. The fourth-order valence-corrected chi connectivity index (χ4v) is 2.93. The predicted molar refractivity (Wildman–Crippen MR) is 72.7 cm³/mol. The van der Waals surface area contributed by atoms with Crippen molar-refractivity contribution in [3.63, 3.8) is 0 Å². The lowest BCUT2D eigenvalue weighted by Gasteiger charge is -2.36. The Morgan fingerprint density at radius 1 is 1.00 bits per heavy atom. The molecule has 20 heavy (non-hydrogen) atoms. The number of hydrogen-bond donors (Lipinski definition) is 0. The van der Waals surface area contributed by atoms with Crippen LogP contribution in [-0.2, 0) is 23.9 Å². The number of esters is 2. The summed E-state index contributed by atoms with van der Waals surface area (Å²) in [5.74, 6) is -2.28. The third kappa shape index (κ3) is 3.46. The fourth-order valence-electron chi connectivity index (χ4n) is 2.93. The van der Waals surface area contributed by atoms with Gasteiger partial charge in [0.2, 0.25) is 0 Å². The number of allylic oxidation sites excluding steroid dienone is 2. The molecule has 0 N–H and O–H groups in total. The second-order valence-corrected chi connectivity index (χ2v) is 5.09. The van der Waals surface area contributed by atoms with Crippen molar-refractivity contribution < 1.29 is 23.9 Å². The van der Waals surface area contributed by atoms with E-state index in [1.807, 2.05) is 19.1 Å². The molecule has 0 bridgehead atoms. The summed E-state index contributed by atoms with van der Waals surface area (Å²) in [7, 11) is 2.63. The van der Waals surface area contributed by atoms with Gasteiger partial charge in [-0.25, -0.2) is 0 Å². The minimum atomic E-state index is -0.531. The van der Waals surface area contributed by atoms with Crippen LogP contribution in [0.2, 0.25) is 0 Å². The Labute approximate surface area is 119 Å². The summed E-state index contributed by atoms with van der Waals surface area (Å²) in [6, 6.07) is 0. The Kier molecular flexibility index (Phi) is 5.92. The van der Waals surface area contributed by atoms with Crippen LogP contribution in [0.15, 0.2) is 12.2 Å². The molecule has 1 aliphatic carbocycles. The standard InChI is InChI=1S/C15H22O5/c1-5-10-6-7-11(8-12(17)19-3)13(9(2)16)14(10)15(18)20-4/h6-7,10-11,13-14H,5,8H2,1-4H3. The zero-order chi connectivity index (χ0) is 15.3. The third-order valence-corrected chi connectivity index (χ3v) is 3.96. The second-order valence-electron chi connectivity index (χ2n) is 5.09. The molecule has 5 nitrogen and oxygen atoms in total. The van der Waals surface area contributed by atoms with E-state index in [-0.39, 0.29) is 30.0 Å². The van der Waals surface area contributed by atoms with Crippen LogP contribution in [0.4, 0.5) is 0 Å². The van der Waals surface area contributed by atoms with Crippen molar-refractivity contribution in [3.8, 4) is 0 Å². The van der Waals surface area contributed by atoms with E-state index >= 15 is 0 Å². The van der Waals surface area contributed by atoms with Crippen molar-refractivity contribution in [2.45, 2.75) is 26.7 Å². The number of ketones is 1. The van der Waals surface area contributed by atoms with Gasteiger partial charge in [0, 0.05) is 5.92 Å². The third-order valence-electron chi connectivity index (χ3n) is 3.96. The van der Waals surface area contributed by atoms with Gasteiger partial charge in [0.1, 0.15) is 5.78 Å². The molecule has 4 unspecified atom stereocenters. The van der Waals surface area contributed by atoms with Gasteiger partial charge < -0.3 is 9.47 Å². The van der Waals surface area contributed by atoms with Gasteiger partial charge in [-0.3, -0.25) is 14.4 Å². The Morgan fingerprint density at radius 3 is 2.05 bits per heavy atom. The van der Waals surface area contributed by atoms with E-state index in [9.17, 15) is 14.4 Å². The molecule has 4 atom stereocenters. The van der Waals surface area contributed by atoms with Crippen molar-refractivity contribution in [3.05, 3.63) is 12.2 Å². The summed E-state index contributed by atoms with van der Waals surface area (Å²) in [5, 5.41) is 0. The van der Waals surface area contributed by atoms with Crippen LogP contribution in [0.1, 0.15) is 26.7 Å². The van der Waals surface area contributed by atoms with Crippen LogP contribution in [0.25, 0.3) is 0 Å². The molecule has 1 aliphatic rings. The molecule has 0 radical (unpaired) electrons. The molecule has 0 heterocycles. The summed E-state index contributed by atoms with van der Waals surface area (Å²) in [6.07, 6.45) is 4.61. The molecule has 5 heteroatoms. The van der Waals surface area contributed by atoms with E-state index in [2.05, 4.69) is 4.74 Å². The molecule has 0 fully saturated rings. The lowest BCUT2D eigenvalue weighted by atomic mass is 9.67. The van der Waals surface area contributed by atoms with Crippen LogP contribution < -0.4 is 0 Å². The van der Waals surface area contributed by atoms with Gasteiger partial charge in [-0.1, -0.05) is 19.1 Å². The van der Waals surface area contributed by atoms with E-state index in [1.165, 1.54) is 21.1 Å². The van der Waals surface area contributed by atoms with E-state index in [1.54, 1.807) is 0 Å². The highest BCUT2D eigenvalue weighted by molar-refractivity contribution is 5.87. The highest BCUT2D eigenvalue weighted by Gasteiger charge is 2.43. The quantitative estimate of drug-likeness (QED) is 0.567. The second kappa shape index (κ2) is 7.22. The lowest BCUT2D eigenvalue weighted by molar-refractivity contribution is -0.154. The van der Waals surface area contributed by atoms with Crippen molar-refractivity contribution >= 4 is 17.7 Å². The minimum Gasteiger partial charge on any atom is -0.469 e. The molecule has 0 aromatic heterocycles. The maximum Gasteiger partial charge on any atom is 0.310 e. The van der Waals surface area contributed by atoms with Crippen LogP contribution >= 0.6 is 0 Å². The molecule has 0 aromatic rings. The molecule has 0 amide bonds. The van der Waals surface area contributed by atoms with Crippen LogP contribution in [0.5, 0.6) is 0 Å². The predicted octanol–water partition coefficient (Wildman–Crippen LogP) is 1.76. The first kappa shape index (κ1) is 16.4. The van der Waals surface area contributed by atoms with Gasteiger partial charge in [0.15, 0.2) is 0 Å². The molecule has 0 aromatic carbocycles. The molecule has 0 saturated carbocycles. The Hall–Kier alpha value is -1.65. The van der Waals surface area contributed by atoms with Gasteiger partial charge in [0.05, 0.1) is 26.6 Å². The van der Waals surface area contributed by atoms with E-state index in [0.29, 0.717) is 0 Å². The Morgan fingerprint density at radius 2 is 1.60 bits per heavy atom. The number of carbonyl (C=O) groups excluding carboxylic acids is 3. The van der Waals surface area contributed by atoms with Crippen molar-refractivity contribution in [2.24, 2.45) is 23.7 Å². The first-order valence-corrected chi connectivity index (χ1v) is 6.79. The van der Waals surface area contributed by atoms with Crippen molar-refractivity contribution in [1.82, 2.24) is 0 Å². The lowest BCUT2D eigenvalue weighted by Crippen LogP contribution is -2.41. The summed E-state index contributed by atoms with van der Waals surface area (Å²) in [6.45, 7) is 3.42. The van der Waals surface area contributed by atoms with Crippen molar-refractivity contribution in [1.29, 1.82) is 0 Å². The summed E-state index contributed by atoms with van der Waals surface area (Å²) < 4.78 is 9.50. The largest absolute Gasteiger partial charge is 0.469 e. The number of ether oxygens (including phenoxy) is 2. The SMILES string of the molecule is CCC1C=CC(CC(=O)OC)C(C(C)=O)C1C(=O)OC. The first-order chi connectivity index (χ1) is 9.46. The molecular weight excluding hydrogens is 260 g/mol. The first-order valence-electron chi connectivity index (χ1n) is 6.79. The van der Waals surface area contributed by atoms with Gasteiger partial charge in [-0.15, -0.1) is 0 Å². The van der Waals surface area contributed by atoms with Crippen LogP contribution in [-0.4, -0.2) is 31.9 Å². The van der Waals surface area contributed by atoms with E-state index in [4.69, 9.17) is 4.74 Å². The van der Waals surface area contributed by atoms with Gasteiger partial charge in [-0.05, 0) is 25.2 Å². The fraction of sp³-hybridized carbons (Fsp3) is 0.667. The average molecular weight is 282 g/mol. The highest BCUT2D eigenvalue weighted by atomic mass is 16.5. The van der Waals surface area contributed by atoms with Gasteiger partial charge >= 0.3 is 11.9 Å². The Balaban J connectivity index is 3.11. The number of hydrogen-bond acceptors (Lipinski definition) is 5. The number of carbonyl (C=O) groups is 3. The van der Waals surface area contributed by atoms with Gasteiger partial charge in [0.25, 0.3) is 0 Å². The van der Waals surface area contributed by atoms with Gasteiger partial charge in [-0.2, -0.15) is 0 Å². The smallest absolute Gasteiger partial charge is 0.310 e. The number of methoxy groups -OCH3 is 2. The maximum atomic E-state index is 12.0. The molecule has 0 saturated heterocycles. The van der Waals surface area contributed by atoms with E-state index < -0.39 is 17.8 Å². The highest BCUT2D eigenvalue weighted by Crippen LogP contribution is 2.39. The summed E-state index contributed by atoms with van der Waals surface area (Å²) in [5.41, 5.74) is 0. The van der Waals surface area contributed by atoms with E-state index in [0.717, 1.165) is 6.42 Å². The molecule has 112 valence electrons. The zero-order valence-electron chi connectivity index (χ0n) is 12.4. The maximum absolute atomic E-state index is 12.0. The normalized spacial score (nSPS) is 28.8. The molecular formula is C15H22O5. The molecule has 0 aliphatic heterocycles. The number of Topliss-reactive ketones (excluding diaryl/α,β-unsaturated/α-hetero) is 1. The number of rotatable bonds is 5. The topological polar surface area (TPSA) is 69.7 Å². The zero-order valence-corrected chi connectivity index (χ0v) is 12.4. The van der Waals surface area contributed by atoms with Crippen LogP contribution in [0.3, 0.4) is 0 Å². The minimum absolute atomic E-state index is 0.0368. The molecule has 1 rings (SSSR count). The monoisotopic (exact) mass is 282 g/mol. The van der Waals surface area contributed by atoms with Crippen molar-refractivity contribution in [2.75, 3.05) is 14.2 Å².